The Morgan fingerprint density at radius 2 is 2.06 bits per heavy atom. The summed E-state index contributed by atoms with van der Waals surface area (Å²) in [6.07, 6.45) is 1.85. The van der Waals surface area contributed by atoms with E-state index >= 15 is 0 Å². The average Bonchev–Trinajstić information content (AvgIpc) is 3.26. The Morgan fingerprint density at radius 3 is 2.88 bits per heavy atom. The predicted octanol–water partition coefficient (Wildman–Crippen LogP) is 2.43. The van der Waals surface area contributed by atoms with Crippen LogP contribution in [-0.2, 0) is 16.0 Å². The first kappa shape index (κ1) is 20.5. The Bertz CT molecular complexity index is 1130. The molecule has 166 valence electrons. The average molecular weight is 435 g/mol. The second-order valence-corrected chi connectivity index (χ2v) is 7.89. The van der Waals surface area contributed by atoms with Crippen molar-refractivity contribution in [2.75, 3.05) is 51.5 Å². The van der Waals surface area contributed by atoms with Crippen LogP contribution in [0.15, 0.2) is 46.9 Å². The predicted molar refractivity (Wildman–Crippen MR) is 118 cm³/mol. The zero-order valence-corrected chi connectivity index (χ0v) is 17.9. The summed E-state index contributed by atoms with van der Waals surface area (Å²) in [5, 5.41) is 20.3. The van der Waals surface area contributed by atoms with Gasteiger partial charge in [0.1, 0.15) is 17.3 Å². The van der Waals surface area contributed by atoms with Crippen molar-refractivity contribution < 1.29 is 14.6 Å². The number of rotatable bonds is 6. The van der Waals surface area contributed by atoms with E-state index in [-0.39, 0.29) is 11.8 Å². The van der Waals surface area contributed by atoms with Gasteiger partial charge in [-0.25, -0.2) is 9.97 Å². The van der Waals surface area contributed by atoms with Crippen LogP contribution in [0.25, 0.3) is 22.4 Å². The van der Waals surface area contributed by atoms with Gasteiger partial charge in [-0.3, -0.25) is 9.99 Å². The molecule has 2 aliphatic heterocycles. The lowest BCUT2D eigenvalue weighted by Gasteiger charge is -2.28. The molecule has 0 radical (unpaired) electrons. The van der Waals surface area contributed by atoms with Crippen LogP contribution in [0.5, 0.6) is 5.75 Å². The summed E-state index contributed by atoms with van der Waals surface area (Å²) in [6.45, 7) is 4.63. The molecule has 1 unspecified atom stereocenters. The second-order valence-electron chi connectivity index (χ2n) is 7.89. The highest BCUT2D eigenvalue weighted by Gasteiger charge is 2.22. The zero-order valence-electron chi connectivity index (χ0n) is 17.9. The van der Waals surface area contributed by atoms with Gasteiger partial charge in [-0.2, -0.15) is 5.11 Å². The number of aromatic hydroxyl groups is 1. The van der Waals surface area contributed by atoms with Crippen molar-refractivity contribution in [1.82, 2.24) is 20.0 Å². The highest BCUT2D eigenvalue weighted by atomic mass is 16.5. The Hall–Kier alpha value is -3.37. The lowest BCUT2D eigenvalue weighted by molar-refractivity contribution is 0.122. The molecule has 10 nitrogen and oxygen atoms in total. The number of methoxy groups -OCH3 is 1. The van der Waals surface area contributed by atoms with Gasteiger partial charge in [0.2, 0.25) is 0 Å². The molecule has 3 aromatic rings. The Labute approximate surface area is 185 Å². The highest BCUT2D eigenvalue weighted by Crippen LogP contribution is 2.29. The number of pyridine rings is 1. The summed E-state index contributed by atoms with van der Waals surface area (Å²) in [7, 11) is 1.67. The molecule has 0 spiro atoms. The lowest BCUT2D eigenvalue weighted by Crippen LogP contribution is -2.37. The fourth-order valence-electron chi connectivity index (χ4n) is 3.95. The van der Waals surface area contributed by atoms with Gasteiger partial charge >= 0.3 is 0 Å². The van der Waals surface area contributed by atoms with E-state index in [0.717, 1.165) is 41.1 Å². The van der Waals surface area contributed by atoms with Crippen LogP contribution in [-0.4, -0.2) is 77.7 Å². The van der Waals surface area contributed by atoms with E-state index < -0.39 is 0 Å². The monoisotopic (exact) mass is 435 g/mol. The van der Waals surface area contributed by atoms with E-state index in [0.29, 0.717) is 38.7 Å². The summed E-state index contributed by atoms with van der Waals surface area (Å²) in [5.41, 5.74) is 3.24. The molecule has 0 amide bonds. The molecular formula is C22H25N7O3. The number of phenolic OH excluding ortho intramolecular Hbond substituents is 1. The summed E-state index contributed by atoms with van der Waals surface area (Å²) < 4.78 is 10.7. The van der Waals surface area contributed by atoms with Crippen molar-refractivity contribution in [3.63, 3.8) is 0 Å². The van der Waals surface area contributed by atoms with Crippen LogP contribution in [0.3, 0.4) is 0 Å². The molecule has 0 bridgehead atoms. The Kier molecular flexibility index (Phi) is 5.78. The molecule has 1 aromatic carbocycles. The van der Waals surface area contributed by atoms with Crippen LogP contribution in [0, 0.1) is 0 Å². The summed E-state index contributed by atoms with van der Waals surface area (Å²) >= 11 is 0. The normalized spacial score (nSPS) is 18.6. The van der Waals surface area contributed by atoms with Crippen molar-refractivity contribution >= 4 is 16.9 Å². The van der Waals surface area contributed by atoms with Gasteiger partial charge in [0.15, 0.2) is 11.6 Å². The molecular weight excluding hydrogens is 410 g/mol. The van der Waals surface area contributed by atoms with E-state index in [1.54, 1.807) is 25.3 Å². The first-order valence-corrected chi connectivity index (χ1v) is 10.6. The largest absolute Gasteiger partial charge is 0.508 e. The molecule has 0 saturated carbocycles. The van der Waals surface area contributed by atoms with Crippen molar-refractivity contribution in [1.29, 1.82) is 0 Å². The standard InChI is InChI=1S/C22H25N7O3/c1-31-14-17-13-29(27-26-17)12-15-9-19-20(23-11-15)22(28-5-7-32-8-6-28)25-21(24-19)16-3-2-4-18(30)10-16/h2-4,9-11,17,30H,5-8,12-14H2,1H3. The summed E-state index contributed by atoms with van der Waals surface area (Å²) in [4.78, 5) is 16.5. The third kappa shape index (κ3) is 4.32. The van der Waals surface area contributed by atoms with Gasteiger partial charge < -0.3 is 19.5 Å². The van der Waals surface area contributed by atoms with Crippen LogP contribution >= 0.6 is 0 Å². The smallest absolute Gasteiger partial charge is 0.162 e. The van der Waals surface area contributed by atoms with Crippen molar-refractivity contribution in [2.45, 2.75) is 12.6 Å². The molecule has 5 rings (SSSR count). The molecule has 32 heavy (non-hydrogen) atoms. The maximum absolute atomic E-state index is 9.94. The molecule has 10 heteroatoms. The van der Waals surface area contributed by atoms with Crippen molar-refractivity contribution in [2.24, 2.45) is 10.3 Å². The van der Waals surface area contributed by atoms with Crippen molar-refractivity contribution in [3.05, 3.63) is 42.1 Å². The Morgan fingerprint density at radius 1 is 1.19 bits per heavy atom. The van der Waals surface area contributed by atoms with Crippen molar-refractivity contribution in [3.8, 4) is 17.1 Å². The van der Waals surface area contributed by atoms with E-state index in [9.17, 15) is 5.11 Å². The molecule has 1 atom stereocenters. The van der Waals surface area contributed by atoms with E-state index in [1.165, 1.54) is 0 Å². The quantitative estimate of drug-likeness (QED) is 0.629. The first-order chi connectivity index (χ1) is 15.7. The van der Waals surface area contributed by atoms with E-state index in [1.807, 2.05) is 23.3 Å². The molecule has 1 N–H and O–H groups in total. The number of anilines is 1. The molecule has 2 aliphatic rings. The van der Waals surface area contributed by atoms with Gasteiger partial charge in [0.05, 0.1) is 38.4 Å². The fraction of sp³-hybridized carbons (Fsp3) is 0.409. The molecule has 2 aromatic heterocycles. The molecule has 1 saturated heterocycles. The van der Waals surface area contributed by atoms with Crippen LogP contribution < -0.4 is 4.90 Å². The number of nitrogens with zero attached hydrogens (tertiary/aromatic N) is 7. The zero-order chi connectivity index (χ0) is 21.9. The number of fused-ring (bicyclic) bond motifs is 1. The number of ether oxygens (including phenoxy) is 2. The first-order valence-electron chi connectivity index (χ1n) is 10.6. The molecule has 0 aliphatic carbocycles. The number of phenols is 1. The maximum atomic E-state index is 9.94. The van der Waals surface area contributed by atoms with Crippen LogP contribution in [0.1, 0.15) is 5.56 Å². The van der Waals surface area contributed by atoms with Crippen LogP contribution in [0.2, 0.25) is 0 Å². The minimum Gasteiger partial charge on any atom is -0.508 e. The minimum absolute atomic E-state index is 0.0565. The third-order valence-electron chi connectivity index (χ3n) is 5.48. The number of hydrogen-bond donors (Lipinski definition) is 1. The Balaban J connectivity index is 1.51. The number of hydrogen-bond acceptors (Lipinski definition) is 10. The van der Waals surface area contributed by atoms with E-state index in [2.05, 4.69) is 15.2 Å². The van der Waals surface area contributed by atoms with Gasteiger partial charge in [0, 0.05) is 32.0 Å². The topological polar surface area (TPSA) is 109 Å². The SMILES string of the molecule is COCC1CN(Cc2cnc3c(N4CCOCC4)nc(-c4cccc(O)c4)nc3c2)N=N1. The van der Waals surface area contributed by atoms with Gasteiger partial charge in [-0.1, -0.05) is 17.4 Å². The van der Waals surface area contributed by atoms with Gasteiger partial charge in [0.25, 0.3) is 0 Å². The molecule has 1 fully saturated rings. The lowest BCUT2D eigenvalue weighted by atomic mass is 10.1. The van der Waals surface area contributed by atoms with Gasteiger partial charge in [-0.05, 0) is 23.8 Å². The fourth-order valence-corrected chi connectivity index (χ4v) is 3.95. The maximum Gasteiger partial charge on any atom is 0.162 e. The molecule has 4 heterocycles. The van der Waals surface area contributed by atoms with Crippen LogP contribution in [0.4, 0.5) is 5.82 Å². The summed E-state index contributed by atoms with van der Waals surface area (Å²) in [5.74, 6) is 1.51. The van der Waals surface area contributed by atoms with Gasteiger partial charge in [-0.15, -0.1) is 0 Å². The number of aromatic nitrogens is 3. The highest BCUT2D eigenvalue weighted by molar-refractivity contribution is 5.88. The number of morpholine rings is 1. The second kappa shape index (κ2) is 9.01. The summed E-state index contributed by atoms with van der Waals surface area (Å²) in [6, 6.07) is 9.06. The minimum atomic E-state index is 0.0565. The van der Waals surface area contributed by atoms with E-state index in [4.69, 9.17) is 24.4 Å². The number of benzene rings is 1. The third-order valence-corrected chi connectivity index (χ3v) is 5.48.